The lowest BCUT2D eigenvalue weighted by Gasteiger charge is -2.22. The van der Waals surface area contributed by atoms with Gasteiger partial charge < -0.3 is 20.7 Å². The van der Waals surface area contributed by atoms with Crippen molar-refractivity contribution in [3.8, 4) is 0 Å². The lowest BCUT2D eigenvalue weighted by Crippen LogP contribution is -2.54. The molecule has 3 unspecified atom stereocenters. The van der Waals surface area contributed by atoms with Gasteiger partial charge in [0.2, 0.25) is 11.8 Å². The number of hydrogen-bond acceptors (Lipinski definition) is 5. The standard InChI is InChI=1S/C16H30N4O4/c1-6-11(10-17-5)18-14(21)12(7-2)19-15(22)13(8-3)20-16(23)24-9-4/h10-13H,6-9H2,1-5H3,(H,18,21)(H,19,22)(H,20,23). The highest BCUT2D eigenvalue weighted by Crippen LogP contribution is 1.99. The Morgan fingerprint density at radius 3 is 1.92 bits per heavy atom. The number of ether oxygens (including phenoxy) is 1. The molecule has 3 amide bonds. The molecule has 0 radical (unpaired) electrons. The number of rotatable bonds is 10. The topological polar surface area (TPSA) is 109 Å². The van der Waals surface area contributed by atoms with Crippen molar-refractivity contribution in [2.45, 2.75) is 65.1 Å². The van der Waals surface area contributed by atoms with Crippen LogP contribution in [-0.4, -0.2) is 55.9 Å². The van der Waals surface area contributed by atoms with E-state index in [2.05, 4.69) is 20.9 Å². The van der Waals surface area contributed by atoms with Crippen LogP contribution >= 0.6 is 0 Å². The number of nitrogens with zero attached hydrogens (tertiary/aromatic N) is 1. The van der Waals surface area contributed by atoms with Crippen molar-refractivity contribution in [3.05, 3.63) is 0 Å². The van der Waals surface area contributed by atoms with Gasteiger partial charge in [-0.2, -0.15) is 0 Å². The van der Waals surface area contributed by atoms with E-state index in [9.17, 15) is 14.4 Å². The van der Waals surface area contributed by atoms with Crippen LogP contribution in [0.25, 0.3) is 0 Å². The summed E-state index contributed by atoms with van der Waals surface area (Å²) in [4.78, 5) is 39.9. The minimum absolute atomic E-state index is 0.173. The molecule has 0 spiro atoms. The van der Waals surface area contributed by atoms with Crippen LogP contribution in [0.5, 0.6) is 0 Å². The van der Waals surface area contributed by atoms with E-state index in [0.717, 1.165) is 0 Å². The maximum absolute atomic E-state index is 12.3. The second-order valence-electron chi connectivity index (χ2n) is 5.23. The molecule has 0 aliphatic carbocycles. The summed E-state index contributed by atoms with van der Waals surface area (Å²) in [5.74, 6) is -0.687. The molecule has 0 aromatic heterocycles. The molecular weight excluding hydrogens is 312 g/mol. The molecule has 0 aromatic rings. The van der Waals surface area contributed by atoms with Gasteiger partial charge in [0.05, 0.1) is 12.6 Å². The monoisotopic (exact) mass is 342 g/mol. The number of amides is 3. The van der Waals surface area contributed by atoms with Gasteiger partial charge in [-0.3, -0.25) is 14.6 Å². The average Bonchev–Trinajstić information content (AvgIpc) is 2.56. The predicted molar refractivity (Wildman–Crippen MR) is 93.1 cm³/mol. The summed E-state index contributed by atoms with van der Waals surface area (Å²) in [6.45, 7) is 7.41. The van der Waals surface area contributed by atoms with Gasteiger partial charge in [0, 0.05) is 13.3 Å². The quantitative estimate of drug-likeness (QED) is 0.515. The molecule has 138 valence electrons. The zero-order valence-electron chi connectivity index (χ0n) is 15.2. The molecule has 3 N–H and O–H groups in total. The Bertz CT molecular complexity index is 440. The fourth-order valence-corrected chi connectivity index (χ4v) is 2.00. The van der Waals surface area contributed by atoms with E-state index in [1.807, 2.05) is 6.92 Å². The molecule has 24 heavy (non-hydrogen) atoms. The Balaban J connectivity index is 4.74. The van der Waals surface area contributed by atoms with Crippen molar-refractivity contribution < 1.29 is 19.1 Å². The van der Waals surface area contributed by atoms with Crippen molar-refractivity contribution in [2.24, 2.45) is 4.99 Å². The molecule has 0 heterocycles. The molecule has 0 bridgehead atoms. The van der Waals surface area contributed by atoms with Crippen LogP contribution in [0.4, 0.5) is 4.79 Å². The molecule has 8 nitrogen and oxygen atoms in total. The first kappa shape index (κ1) is 21.9. The van der Waals surface area contributed by atoms with Crippen LogP contribution in [0.3, 0.4) is 0 Å². The lowest BCUT2D eigenvalue weighted by molar-refractivity contribution is -0.130. The van der Waals surface area contributed by atoms with Crippen molar-refractivity contribution >= 4 is 24.1 Å². The summed E-state index contributed by atoms with van der Waals surface area (Å²) in [6.07, 6.45) is 2.54. The molecule has 0 saturated carbocycles. The first-order valence-corrected chi connectivity index (χ1v) is 8.39. The number of nitrogens with one attached hydrogen (secondary N) is 3. The summed E-state index contributed by atoms with van der Waals surface area (Å²) in [6, 6.07) is -1.59. The summed E-state index contributed by atoms with van der Waals surface area (Å²) in [5.41, 5.74) is 0. The number of alkyl carbamates (subject to hydrolysis) is 1. The van der Waals surface area contributed by atoms with Gasteiger partial charge >= 0.3 is 6.09 Å². The Kier molecular flexibility index (Phi) is 11.2. The van der Waals surface area contributed by atoms with Crippen molar-refractivity contribution in [1.29, 1.82) is 0 Å². The zero-order chi connectivity index (χ0) is 18.5. The summed E-state index contributed by atoms with van der Waals surface area (Å²) in [7, 11) is 1.64. The van der Waals surface area contributed by atoms with Gasteiger partial charge in [-0.1, -0.05) is 20.8 Å². The van der Waals surface area contributed by atoms with Gasteiger partial charge in [0.1, 0.15) is 12.1 Å². The normalized spacial score (nSPS) is 14.5. The van der Waals surface area contributed by atoms with Crippen LogP contribution in [0, 0.1) is 0 Å². The van der Waals surface area contributed by atoms with Gasteiger partial charge in [0.25, 0.3) is 0 Å². The third-order valence-electron chi connectivity index (χ3n) is 3.43. The molecule has 0 rings (SSSR count). The minimum atomic E-state index is -0.745. The SMILES string of the molecule is CCOC(=O)NC(CC)C(=O)NC(CC)C(=O)NC(C=NC)CC. The predicted octanol–water partition coefficient (Wildman–Crippen LogP) is 1.00. The Morgan fingerprint density at radius 2 is 1.46 bits per heavy atom. The molecule has 0 saturated heterocycles. The Morgan fingerprint density at radius 1 is 0.917 bits per heavy atom. The molecule has 0 aliphatic heterocycles. The van der Waals surface area contributed by atoms with E-state index >= 15 is 0 Å². The highest BCUT2D eigenvalue weighted by atomic mass is 16.5. The van der Waals surface area contributed by atoms with Gasteiger partial charge in [-0.25, -0.2) is 4.79 Å². The summed E-state index contributed by atoms with van der Waals surface area (Å²) < 4.78 is 4.77. The largest absolute Gasteiger partial charge is 0.450 e. The number of hydrogen-bond donors (Lipinski definition) is 3. The molecule has 3 atom stereocenters. The second-order valence-corrected chi connectivity index (χ2v) is 5.23. The average molecular weight is 342 g/mol. The van der Waals surface area contributed by atoms with E-state index in [1.165, 1.54) is 0 Å². The molecule has 0 aromatic carbocycles. The van der Waals surface area contributed by atoms with E-state index < -0.39 is 24.1 Å². The van der Waals surface area contributed by atoms with Crippen molar-refractivity contribution in [1.82, 2.24) is 16.0 Å². The molecule has 8 heteroatoms. The smallest absolute Gasteiger partial charge is 0.407 e. The first-order valence-electron chi connectivity index (χ1n) is 8.39. The van der Waals surface area contributed by atoms with E-state index in [4.69, 9.17) is 4.74 Å². The zero-order valence-corrected chi connectivity index (χ0v) is 15.2. The number of carbonyl (C=O) groups excluding carboxylic acids is 3. The van der Waals surface area contributed by atoms with E-state index in [-0.39, 0.29) is 18.6 Å². The number of carbonyl (C=O) groups is 3. The van der Waals surface area contributed by atoms with E-state index in [0.29, 0.717) is 19.3 Å². The van der Waals surface area contributed by atoms with Crippen LogP contribution in [-0.2, 0) is 14.3 Å². The van der Waals surface area contributed by atoms with Crippen molar-refractivity contribution in [3.63, 3.8) is 0 Å². The van der Waals surface area contributed by atoms with Crippen molar-refractivity contribution in [2.75, 3.05) is 13.7 Å². The van der Waals surface area contributed by atoms with Gasteiger partial charge in [-0.15, -0.1) is 0 Å². The number of aliphatic imine (C=N–C) groups is 1. The van der Waals surface area contributed by atoms with Crippen LogP contribution < -0.4 is 16.0 Å². The molecule has 0 aliphatic rings. The maximum atomic E-state index is 12.3. The first-order chi connectivity index (χ1) is 11.4. The second kappa shape index (κ2) is 12.3. The van der Waals surface area contributed by atoms with Gasteiger partial charge in [-0.05, 0) is 26.2 Å². The Labute approximate surface area is 143 Å². The summed E-state index contributed by atoms with van der Waals surface area (Å²) >= 11 is 0. The third-order valence-corrected chi connectivity index (χ3v) is 3.43. The third kappa shape index (κ3) is 7.94. The van der Waals surface area contributed by atoms with Gasteiger partial charge in [0.15, 0.2) is 0 Å². The van der Waals surface area contributed by atoms with Crippen LogP contribution in [0.15, 0.2) is 4.99 Å². The fraction of sp³-hybridized carbons (Fsp3) is 0.750. The highest BCUT2D eigenvalue weighted by molar-refractivity contribution is 5.92. The highest BCUT2D eigenvalue weighted by Gasteiger charge is 2.25. The lowest BCUT2D eigenvalue weighted by atomic mass is 10.1. The van der Waals surface area contributed by atoms with Crippen LogP contribution in [0.2, 0.25) is 0 Å². The molecular formula is C16H30N4O4. The van der Waals surface area contributed by atoms with E-state index in [1.54, 1.807) is 34.0 Å². The maximum Gasteiger partial charge on any atom is 0.407 e. The fourth-order valence-electron chi connectivity index (χ4n) is 2.00. The molecule has 0 fully saturated rings. The summed E-state index contributed by atoms with van der Waals surface area (Å²) in [5, 5.41) is 7.98. The Hall–Kier alpha value is -2.12. The van der Waals surface area contributed by atoms with Crippen LogP contribution in [0.1, 0.15) is 47.0 Å². The minimum Gasteiger partial charge on any atom is -0.450 e.